The van der Waals surface area contributed by atoms with E-state index < -0.39 is 52.0 Å². The number of furan rings is 1. The van der Waals surface area contributed by atoms with E-state index in [0.717, 1.165) is 41.2 Å². The van der Waals surface area contributed by atoms with E-state index in [1.165, 1.54) is 6.92 Å². The minimum Gasteiger partial charge on any atom is -0.457 e. The molecule has 1 saturated heterocycles. The molecule has 0 aliphatic carbocycles. The van der Waals surface area contributed by atoms with E-state index in [4.69, 9.17) is 9.15 Å². The number of hydrogen-bond acceptors (Lipinski definition) is 9. The lowest BCUT2D eigenvalue weighted by Crippen LogP contribution is -2.56. The van der Waals surface area contributed by atoms with E-state index in [-0.39, 0.29) is 5.76 Å². The van der Waals surface area contributed by atoms with E-state index in [1.54, 1.807) is 18.2 Å². The average molecular weight is 556 g/mol. The lowest BCUT2D eigenvalue weighted by Gasteiger charge is -2.39. The second-order valence-electron chi connectivity index (χ2n) is 9.50. The predicted octanol–water partition coefficient (Wildman–Crippen LogP) is 2.80. The van der Waals surface area contributed by atoms with Crippen molar-refractivity contribution in [1.82, 2.24) is 4.72 Å². The highest BCUT2D eigenvalue weighted by Crippen LogP contribution is 2.30. The van der Waals surface area contributed by atoms with Gasteiger partial charge in [-0.15, -0.1) is 0 Å². The second-order valence-corrected chi connectivity index (χ2v) is 11.2. The molecule has 208 valence electrons. The number of sulfonamides is 1. The second kappa shape index (κ2) is 11.9. The molecule has 4 rings (SSSR count). The first-order chi connectivity index (χ1) is 18.6. The van der Waals surface area contributed by atoms with Crippen molar-refractivity contribution in [2.75, 3.05) is 24.5 Å². The number of rotatable bonds is 9. The molecule has 2 aromatic carbocycles. The largest absolute Gasteiger partial charge is 0.457 e. The lowest BCUT2D eigenvalue weighted by molar-refractivity contribution is -0.257. The van der Waals surface area contributed by atoms with Crippen molar-refractivity contribution in [2.24, 2.45) is 5.92 Å². The first-order valence-electron chi connectivity index (χ1n) is 12.8. The van der Waals surface area contributed by atoms with E-state index in [2.05, 4.69) is 35.6 Å². The van der Waals surface area contributed by atoms with Crippen LogP contribution < -0.4 is 9.62 Å². The van der Waals surface area contributed by atoms with Crippen LogP contribution in [-0.4, -0.2) is 68.0 Å². The predicted molar refractivity (Wildman–Crippen MR) is 148 cm³/mol. The van der Waals surface area contributed by atoms with Gasteiger partial charge in [-0.1, -0.05) is 25.1 Å². The minimum atomic E-state index is -4.31. The Morgan fingerprint density at radius 1 is 1.05 bits per heavy atom. The zero-order chi connectivity index (χ0) is 28.3. The summed E-state index contributed by atoms with van der Waals surface area (Å²) in [5.74, 6) is -0.0740. The van der Waals surface area contributed by atoms with Gasteiger partial charge >= 0.3 is 0 Å². The Hall–Kier alpha value is -3.24. The number of anilines is 1. The Kier molecular flexibility index (Phi) is 8.76. The third kappa shape index (κ3) is 6.17. The van der Waals surface area contributed by atoms with Crippen molar-refractivity contribution in [1.29, 1.82) is 5.26 Å². The van der Waals surface area contributed by atoms with Crippen molar-refractivity contribution in [3.8, 4) is 17.4 Å². The Balaban J connectivity index is 1.50. The van der Waals surface area contributed by atoms with Crippen LogP contribution in [-0.2, 0) is 14.8 Å². The van der Waals surface area contributed by atoms with Crippen LogP contribution in [0.25, 0.3) is 28.2 Å². The van der Waals surface area contributed by atoms with Crippen molar-refractivity contribution < 1.29 is 32.9 Å². The molecule has 2 heterocycles. The number of aliphatic hydroxyl groups is 3. The average Bonchev–Trinajstić information content (AvgIpc) is 3.41. The van der Waals surface area contributed by atoms with Crippen molar-refractivity contribution in [3.63, 3.8) is 0 Å². The van der Waals surface area contributed by atoms with Crippen LogP contribution in [0, 0.1) is 17.2 Å². The first kappa shape index (κ1) is 28.8. The molecule has 3 aromatic rings. The fourth-order valence-corrected chi connectivity index (χ4v) is 5.51. The summed E-state index contributed by atoms with van der Waals surface area (Å²) in [5.41, 5.74) is 1.95. The smallest absolute Gasteiger partial charge is 0.250 e. The van der Waals surface area contributed by atoms with Gasteiger partial charge in [0.05, 0.1) is 6.10 Å². The van der Waals surface area contributed by atoms with E-state index in [1.807, 2.05) is 24.3 Å². The van der Waals surface area contributed by atoms with Gasteiger partial charge in [-0.05, 0) is 55.0 Å². The van der Waals surface area contributed by atoms with Crippen LogP contribution in [0.3, 0.4) is 0 Å². The molecule has 1 aliphatic heterocycles. The summed E-state index contributed by atoms with van der Waals surface area (Å²) in [5, 5.41) is 41.7. The molecule has 39 heavy (non-hydrogen) atoms. The van der Waals surface area contributed by atoms with E-state index in [0.29, 0.717) is 5.76 Å². The summed E-state index contributed by atoms with van der Waals surface area (Å²) >= 11 is 0. The van der Waals surface area contributed by atoms with Gasteiger partial charge in [0, 0.05) is 42.9 Å². The van der Waals surface area contributed by atoms with Crippen LogP contribution in [0.15, 0.2) is 57.9 Å². The zero-order valence-electron chi connectivity index (χ0n) is 22.0. The molecule has 0 amide bonds. The number of nitrogens with one attached hydrogen (secondary N) is 1. The molecule has 0 saturated carbocycles. The highest BCUT2D eigenvalue weighted by molar-refractivity contribution is 7.93. The quantitative estimate of drug-likeness (QED) is 0.292. The number of fused-ring (bicyclic) bond motifs is 1. The number of nitrogens with zero attached hydrogens (tertiary/aromatic N) is 2. The number of nitriles is 1. The summed E-state index contributed by atoms with van der Waals surface area (Å²) < 4.78 is 38.8. The standard InChI is InChI=1S/C28H33N3O7S/c1-4-31(5-2)21-9-8-18-12-20(7-6-19(18)13-21)24-11-10-22(37-24)14-23(15-29)39(35,36)30-16-25-27(33)26(32)17(3)28(34)38-25/h6-14,17,25-28,30,32-34H,4-5,16H2,1-3H3/b23-14+/t17-,25-,26-,27-,28?/m1/s1. The number of benzene rings is 2. The maximum absolute atomic E-state index is 12.8. The summed E-state index contributed by atoms with van der Waals surface area (Å²) in [6.07, 6.45) is -4.18. The van der Waals surface area contributed by atoms with Crippen LogP contribution in [0.2, 0.25) is 0 Å². The summed E-state index contributed by atoms with van der Waals surface area (Å²) in [4.78, 5) is 1.66. The zero-order valence-corrected chi connectivity index (χ0v) is 22.8. The molecule has 1 fully saturated rings. The fourth-order valence-electron chi connectivity index (χ4n) is 4.58. The number of hydrogen-bond donors (Lipinski definition) is 4. The number of aliphatic hydroxyl groups excluding tert-OH is 3. The Bertz CT molecular complexity index is 1490. The minimum absolute atomic E-state index is 0.164. The molecule has 0 bridgehead atoms. The Morgan fingerprint density at radius 2 is 1.74 bits per heavy atom. The van der Waals surface area contributed by atoms with Gasteiger partial charge < -0.3 is 29.4 Å². The van der Waals surface area contributed by atoms with Gasteiger partial charge in [0.1, 0.15) is 29.8 Å². The van der Waals surface area contributed by atoms with Crippen molar-refractivity contribution in [3.05, 3.63) is 59.2 Å². The highest BCUT2D eigenvalue weighted by Gasteiger charge is 2.41. The van der Waals surface area contributed by atoms with Crippen molar-refractivity contribution >= 4 is 32.6 Å². The third-order valence-corrected chi connectivity index (χ3v) is 8.38. The Morgan fingerprint density at radius 3 is 2.44 bits per heavy atom. The van der Waals surface area contributed by atoms with Crippen LogP contribution in [0.4, 0.5) is 5.69 Å². The SMILES string of the molecule is CCN(CC)c1ccc2cc(-c3ccc(/C=C(\C#N)S(=O)(=O)NC[C@H]4OC(O)[C@H](C)[C@@H](O)[C@@H]4O)o3)ccc2c1. The maximum atomic E-state index is 12.8. The molecule has 4 N–H and O–H groups in total. The number of allylic oxidation sites excluding steroid dienone is 1. The molecule has 1 unspecified atom stereocenters. The molecule has 5 atom stereocenters. The topological polar surface area (TPSA) is 156 Å². The van der Waals surface area contributed by atoms with Crippen LogP contribution in [0.5, 0.6) is 0 Å². The summed E-state index contributed by atoms with van der Waals surface area (Å²) in [6, 6.07) is 17.1. The van der Waals surface area contributed by atoms with Crippen LogP contribution in [0.1, 0.15) is 26.5 Å². The fraction of sp³-hybridized carbons (Fsp3) is 0.393. The monoisotopic (exact) mass is 555 g/mol. The molecule has 11 heteroatoms. The number of ether oxygens (including phenoxy) is 1. The molecular formula is C28H33N3O7S. The molecule has 0 radical (unpaired) electrons. The third-order valence-electron chi connectivity index (χ3n) is 7.04. The van der Waals surface area contributed by atoms with Gasteiger partial charge in [0.2, 0.25) is 0 Å². The molecular weight excluding hydrogens is 522 g/mol. The molecule has 1 aliphatic rings. The molecule has 1 aromatic heterocycles. The first-order valence-corrected chi connectivity index (χ1v) is 14.3. The van der Waals surface area contributed by atoms with Crippen LogP contribution >= 0.6 is 0 Å². The van der Waals surface area contributed by atoms with Gasteiger partial charge in [-0.3, -0.25) is 0 Å². The molecule has 10 nitrogen and oxygen atoms in total. The van der Waals surface area contributed by atoms with Gasteiger partial charge in [-0.2, -0.15) is 5.26 Å². The van der Waals surface area contributed by atoms with Crippen molar-refractivity contribution in [2.45, 2.75) is 45.4 Å². The normalized spacial score (nSPS) is 24.0. The highest BCUT2D eigenvalue weighted by atomic mass is 32.2. The summed E-state index contributed by atoms with van der Waals surface area (Å²) in [7, 11) is -4.31. The summed E-state index contributed by atoms with van der Waals surface area (Å²) in [6.45, 7) is 7.10. The lowest BCUT2D eigenvalue weighted by atomic mass is 9.92. The maximum Gasteiger partial charge on any atom is 0.250 e. The Labute approximate surface area is 227 Å². The van der Waals surface area contributed by atoms with E-state index >= 15 is 0 Å². The van der Waals surface area contributed by atoms with Gasteiger partial charge in [-0.25, -0.2) is 13.1 Å². The van der Waals surface area contributed by atoms with E-state index in [9.17, 15) is 29.0 Å². The molecule has 0 spiro atoms. The van der Waals surface area contributed by atoms with Gasteiger partial charge in [0.25, 0.3) is 10.0 Å². The van der Waals surface area contributed by atoms with Gasteiger partial charge in [0.15, 0.2) is 11.2 Å².